The molecule has 0 aliphatic rings. The largest absolute Gasteiger partial charge is 0.497 e. The van der Waals surface area contributed by atoms with Gasteiger partial charge in [0.2, 0.25) is 0 Å². The van der Waals surface area contributed by atoms with Gasteiger partial charge in [0.1, 0.15) is 5.75 Å². The SMILES string of the molecule is COc1ccc(-n2c(C)cc(CNC(=O)Nc3ccc(C)c(C)c3)c2C)cc1. The second kappa shape index (κ2) is 8.21. The minimum atomic E-state index is -0.211. The predicted octanol–water partition coefficient (Wildman–Crippen LogP) is 5.04. The van der Waals surface area contributed by atoms with Crippen LogP contribution in [0.15, 0.2) is 48.5 Å². The quantitative estimate of drug-likeness (QED) is 0.654. The Hall–Kier alpha value is -3.21. The summed E-state index contributed by atoms with van der Waals surface area (Å²) < 4.78 is 7.41. The molecule has 0 bridgehead atoms. The molecule has 1 aromatic heterocycles. The maximum absolute atomic E-state index is 12.3. The number of methoxy groups -OCH3 is 1. The third-order valence-electron chi connectivity index (χ3n) is 5.07. The number of rotatable bonds is 5. The molecule has 146 valence electrons. The topological polar surface area (TPSA) is 55.3 Å². The van der Waals surface area contributed by atoms with Gasteiger partial charge in [-0.2, -0.15) is 0 Å². The first-order valence-electron chi connectivity index (χ1n) is 9.33. The van der Waals surface area contributed by atoms with Crippen molar-refractivity contribution in [3.8, 4) is 11.4 Å². The zero-order chi connectivity index (χ0) is 20.3. The molecule has 2 amide bonds. The number of carbonyl (C=O) groups excluding carboxylic acids is 1. The summed E-state index contributed by atoms with van der Waals surface area (Å²) in [5, 5.41) is 5.84. The van der Waals surface area contributed by atoms with E-state index in [1.54, 1.807) is 7.11 Å². The molecule has 2 N–H and O–H groups in total. The molecule has 5 nitrogen and oxygen atoms in total. The van der Waals surface area contributed by atoms with E-state index in [-0.39, 0.29) is 6.03 Å². The Morgan fingerprint density at radius 1 is 0.964 bits per heavy atom. The second-order valence-corrected chi connectivity index (χ2v) is 7.04. The zero-order valence-electron chi connectivity index (χ0n) is 17.1. The van der Waals surface area contributed by atoms with Gasteiger partial charge in [0.15, 0.2) is 0 Å². The minimum absolute atomic E-state index is 0.211. The maximum Gasteiger partial charge on any atom is 0.319 e. The van der Waals surface area contributed by atoms with Crippen molar-refractivity contribution in [2.75, 3.05) is 12.4 Å². The van der Waals surface area contributed by atoms with E-state index >= 15 is 0 Å². The average molecular weight is 377 g/mol. The molecule has 0 fully saturated rings. The van der Waals surface area contributed by atoms with E-state index in [1.165, 1.54) is 5.56 Å². The summed E-state index contributed by atoms with van der Waals surface area (Å²) in [5.74, 6) is 0.830. The lowest BCUT2D eigenvalue weighted by Crippen LogP contribution is -2.28. The summed E-state index contributed by atoms with van der Waals surface area (Å²) in [7, 11) is 1.66. The number of anilines is 1. The number of ether oxygens (including phenoxy) is 1. The minimum Gasteiger partial charge on any atom is -0.497 e. The first-order chi connectivity index (χ1) is 13.4. The van der Waals surface area contributed by atoms with Crippen molar-refractivity contribution in [3.05, 3.63) is 76.6 Å². The highest BCUT2D eigenvalue weighted by molar-refractivity contribution is 5.89. The lowest BCUT2D eigenvalue weighted by atomic mass is 10.1. The van der Waals surface area contributed by atoms with Crippen LogP contribution < -0.4 is 15.4 Å². The fourth-order valence-corrected chi connectivity index (χ4v) is 3.31. The van der Waals surface area contributed by atoms with Crippen molar-refractivity contribution in [2.24, 2.45) is 0 Å². The number of nitrogens with one attached hydrogen (secondary N) is 2. The monoisotopic (exact) mass is 377 g/mol. The molecule has 0 unspecified atom stereocenters. The Labute approximate surface area is 166 Å². The van der Waals surface area contributed by atoms with E-state index in [0.717, 1.165) is 39.6 Å². The van der Waals surface area contributed by atoms with E-state index < -0.39 is 0 Å². The van der Waals surface area contributed by atoms with Gasteiger partial charge in [-0.15, -0.1) is 0 Å². The van der Waals surface area contributed by atoms with Gasteiger partial charge in [0.25, 0.3) is 0 Å². The number of hydrogen-bond acceptors (Lipinski definition) is 2. The Morgan fingerprint density at radius 2 is 1.68 bits per heavy atom. The number of nitrogens with zero attached hydrogens (tertiary/aromatic N) is 1. The molecule has 3 rings (SSSR count). The van der Waals surface area contributed by atoms with E-state index in [4.69, 9.17) is 4.74 Å². The number of hydrogen-bond donors (Lipinski definition) is 2. The summed E-state index contributed by atoms with van der Waals surface area (Å²) in [6.07, 6.45) is 0. The molecule has 0 aliphatic carbocycles. The van der Waals surface area contributed by atoms with Gasteiger partial charge in [0.05, 0.1) is 7.11 Å². The number of aromatic nitrogens is 1. The van der Waals surface area contributed by atoms with Crippen LogP contribution >= 0.6 is 0 Å². The molecule has 0 aliphatic heterocycles. The van der Waals surface area contributed by atoms with E-state index in [2.05, 4.69) is 42.0 Å². The van der Waals surface area contributed by atoms with Crippen LogP contribution in [0.4, 0.5) is 10.5 Å². The van der Waals surface area contributed by atoms with Crippen molar-refractivity contribution >= 4 is 11.7 Å². The highest BCUT2D eigenvalue weighted by Gasteiger charge is 2.12. The Morgan fingerprint density at radius 3 is 2.32 bits per heavy atom. The molecule has 1 heterocycles. The van der Waals surface area contributed by atoms with Gasteiger partial charge in [-0.1, -0.05) is 6.07 Å². The van der Waals surface area contributed by atoms with Gasteiger partial charge < -0.3 is 19.9 Å². The second-order valence-electron chi connectivity index (χ2n) is 7.04. The number of aryl methyl sites for hydroxylation is 3. The lowest BCUT2D eigenvalue weighted by Gasteiger charge is -2.12. The normalized spacial score (nSPS) is 10.6. The first-order valence-corrected chi connectivity index (χ1v) is 9.33. The number of urea groups is 1. The Bertz CT molecular complexity index is 988. The molecule has 0 saturated heterocycles. The molecule has 0 saturated carbocycles. The summed E-state index contributed by atoms with van der Waals surface area (Å²) in [5.41, 5.74) is 7.54. The molecular weight excluding hydrogens is 350 g/mol. The van der Waals surface area contributed by atoms with Crippen molar-refractivity contribution in [2.45, 2.75) is 34.2 Å². The summed E-state index contributed by atoms with van der Waals surface area (Å²) in [6, 6.07) is 15.8. The number of amides is 2. The molecular formula is C23H27N3O2. The van der Waals surface area contributed by atoms with Gasteiger partial charge in [-0.3, -0.25) is 0 Å². The van der Waals surface area contributed by atoms with Crippen molar-refractivity contribution in [1.29, 1.82) is 0 Å². The highest BCUT2D eigenvalue weighted by atomic mass is 16.5. The molecule has 28 heavy (non-hydrogen) atoms. The van der Waals surface area contributed by atoms with Crippen molar-refractivity contribution < 1.29 is 9.53 Å². The van der Waals surface area contributed by atoms with Gasteiger partial charge >= 0.3 is 6.03 Å². The van der Waals surface area contributed by atoms with Gasteiger partial charge in [-0.05, 0) is 86.8 Å². The summed E-state index contributed by atoms with van der Waals surface area (Å²) in [4.78, 5) is 12.3. The van der Waals surface area contributed by atoms with Crippen LogP contribution in [0.2, 0.25) is 0 Å². The van der Waals surface area contributed by atoms with Crippen LogP contribution in [0.3, 0.4) is 0 Å². The van der Waals surface area contributed by atoms with Crippen LogP contribution in [-0.4, -0.2) is 17.7 Å². The first kappa shape index (κ1) is 19.5. The van der Waals surface area contributed by atoms with E-state index in [1.807, 2.05) is 49.4 Å². The fraction of sp³-hybridized carbons (Fsp3) is 0.261. The third-order valence-corrected chi connectivity index (χ3v) is 5.07. The van der Waals surface area contributed by atoms with E-state index in [0.29, 0.717) is 6.54 Å². The molecule has 0 spiro atoms. The van der Waals surface area contributed by atoms with Crippen LogP contribution in [0.5, 0.6) is 5.75 Å². The van der Waals surface area contributed by atoms with E-state index in [9.17, 15) is 4.79 Å². The third kappa shape index (κ3) is 4.19. The highest BCUT2D eigenvalue weighted by Crippen LogP contribution is 2.23. The fourth-order valence-electron chi connectivity index (χ4n) is 3.31. The Balaban J connectivity index is 1.69. The van der Waals surface area contributed by atoms with Gasteiger partial charge in [-0.25, -0.2) is 4.79 Å². The lowest BCUT2D eigenvalue weighted by molar-refractivity contribution is 0.251. The number of benzene rings is 2. The maximum atomic E-state index is 12.3. The molecule has 2 aromatic carbocycles. The standard InChI is InChI=1S/C23H27N3O2/c1-15-6-7-20(12-16(15)2)25-23(27)24-14-19-13-17(3)26(18(19)4)21-8-10-22(28-5)11-9-21/h6-13H,14H2,1-5H3,(H2,24,25,27). The number of carbonyl (C=O) groups is 1. The zero-order valence-corrected chi connectivity index (χ0v) is 17.1. The van der Waals surface area contributed by atoms with Crippen LogP contribution in [0.1, 0.15) is 28.1 Å². The summed E-state index contributed by atoms with van der Waals surface area (Å²) in [6.45, 7) is 8.68. The van der Waals surface area contributed by atoms with Gasteiger partial charge in [0, 0.05) is 29.3 Å². The predicted molar refractivity (Wildman–Crippen MR) is 114 cm³/mol. The van der Waals surface area contributed by atoms with Crippen LogP contribution in [-0.2, 0) is 6.54 Å². The van der Waals surface area contributed by atoms with Crippen molar-refractivity contribution in [3.63, 3.8) is 0 Å². The smallest absolute Gasteiger partial charge is 0.319 e. The Kier molecular flexibility index (Phi) is 5.73. The molecule has 3 aromatic rings. The molecule has 0 atom stereocenters. The van der Waals surface area contributed by atoms with Crippen LogP contribution in [0.25, 0.3) is 5.69 Å². The van der Waals surface area contributed by atoms with Crippen molar-refractivity contribution in [1.82, 2.24) is 9.88 Å². The molecule has 5 heteroatoms. The molecule has 0 radical (unpaired) electrons. The van der Waals surface area contributed by atoms with Crippen LogP contribution in [0, 0.1) is 27.7 Å². The average Bonchev–Trinajstić information content (AvgIpc) is 2.96. The summed E-state index contributed by atoms with van der Waals surface area (Å²) >= 11 is 0.